The summed E-state index contributed by atoms with van der Waals surface area (Å²) >= 11 is 0. The summed E-state index contributed by atoms with van der Waals surface area (Å²) in [5.41, 5.74) is 9.91. The molecular formula is C19H26N4O. The van der Waals surface area contributed by atoms with Crippen molar-refractivity contribution in [2.24, 2.45) is 11.7 Å². The summed E-state index contributed by atoms with van der Waals surface area (Å²) in [7, 11) is 0. The number of benzene rings is 1. The number of aromatic nitrogens is 1. The summed E-state index contributed by atoms with van der Waals surface area (Å²) in [6.45, 7) is 6.57. The van der Waals surface area contributed by atoms with E-state index in [9.17, 15) is 4.79 Å². The Hall–Kier alpha value is -1.98. The molecule has 0 spiro atoms. The number of rotatable bonds is 6. The van der Waals surface area contributed by atoms with Crippen molar-refractivity contribution in [3.63, 3.8) is 0 Å². The molecule has 24 heavy (non-hydrogen) atoms. The van der Waals surface area contributed by atoms with Crippen LogP contribution in [0, 0.1) is 5.92 Å². The molecule has 1 aromatic carbocycles. The van der Waals surface area contributed by atoms with Gasteiger partial charge in [-0.05, 0) is 55.5 Å². The highest BCUT2D eigenvalue weighted by atomic mass is 16.1. The Balaban J connectivity index is 2.03. The number of anilines is 1. The van der Waals surface area contributed by atoms with Crippen molar-refractivity contribution >= 4 is 23.0 Å². The molecule has 0 aliphatic carbocycles. The zero-order chi connectivity index (χ0) is 17.1. The number of fused-ring (bicyclic) bond motifs is 1. The Bertz CT molecular complexity index is 731. The van der Waals surface area contributed by atoms with E-state index < -0.39 is 0 Å². The van der Waals surface area contributed by atoms with Crippen molar-refractivity contribution in [3.8, 4) is 0 Å². The Labute approximate surface area is 143 Å². The van der Waals surface area contributed by atoms with Crippen LogP contribution in [0.2, 0.25) is 0 Å². The third kappa shape index (κ3) is 3.14. The van der Waals surface area contributed by atoms with Crippen LogP contribution < -0.4 is 10.7 Å². The molecule has 2 aromatic rings. The van der Waals surface area contributed by atoms with Crippen molar-refractivity contribution < 1.29 is 4.79 Å². The molecule has 1 aliphatic rings. The lowest BCUT2D eigenvalue weighted by molar-refractivity contribution is -0.109. The van der Waals surface area contributed by atoms with Crippen molar-refractivity contribution in [2.75, 3.05) is 24.6 Å². The summed E-state index contributed by atoms with van der Waals surface area (Å²) in [5.74, 6) is 0.456. The number of nitrogens with zero attached hydrogens (tertiary/aromatic N) is 3. The normalized spacial score (nSPS) is 18.2. The Morgan fingerprint density at radius 3 is 2.79 bits per heavy atom. The van der Waals surface area contributed by atoms with Crippen LogP contribution in [0.3, 0.4) is 0 Å². The lowest BCUT2D eigenvalue weighted by Crippen LogP contribution is -2.41. The van der Waals surface area contributed by atoms with E-state index in [-0.39, 0.29) is 0 Å². The van der Waals surface area contributed by atoms with Crippen LogP contribution in [0.1, 0.15) is 31.5 Å². The van der Waals surface area contributed by atoms with Gasteiger partial charge in [0.1, 0.15) is 0 Å². The molecule has 0 saturated carbocycles. The van der Waals surface area contributed by atoms with Gasteiger partial charge in [-0.25, -0.2) is 10.0 Å². The van der Waals surface area contributed by atoms with Gasteiger partial charge in [0.2, 0.25) is 6.41 Å². The molecular weight excluding hydrogens is 300 g/mol. The maximum absolute atomic E-state index is 11.8. The monoisotopic (exact) mass is 326 g/mol. The lowest BCUT2D eigenvalue weighted by Gasteiger charge is -2.29. The Kier molecular flexibility index (Phi) is 5.11. The Morgan fingerprint density at radius 2 is 2.17 bits per heavy atom. The summed E-state index contributed by atoms with van der Waals surface area (Å²) < 4.78 is 0. The van der Waals surface area contributed by atoms with E-state index in [0.717, 1.165) is 61.0 Å². The fraction of sp³-hybridized carbons (Fsp3) is 0.474. The second kappa shape index (κ2) is 7.28. The smallest absolute Gasteiger partial charge is 0.228 e. The minimum Gasteiger partial charge on any atom is -0.330 e. The number of hydrogen-bond acceptors (Lipinski definition) is 4. The number of carbonyl (C=O) groups is 1. The first kappa shape index (κ1) is 16.9. The largest absolute Gasteiger partial charge is 0.330 e. The van der Waals surface area contributed by atoms with Gasteiger partial charge in [0, 0.05) is 18.5 Å². The fourth-order valence-corrected chi connectivity index (χ4v) is 3.41. The molecule has 1 fully saturated rings. The zero-order valence-corrected chi connectivity index (χ0v) is 14.5. The van der Waals surface area contributed by atoms with Crippen molar-refractivity contribution in [2.45, 2.75) is 33.1 Å². The number of hydrogen-bond donors (Lipinski definition) is 1. The zero-order valence-electron chi connectivity index (χ0n) is 14.5. The molecule has 1 saturated heterocycles. The van der Waals surface area contributed by atoms with Crippen LogP contribution in [-0.4, -0.2) is 36.0 Å². The van der Waals surface area contributed by atoms with Crippen molar-refractivity contribution in [3.05, 3.63) is 35.5 Å². The van der Waals surface area contributed by atoms with Gasteiger partial charge in [0.25, 0.3) is 0 Å². The van der Waals surface area contributed by atoms with E-state index in [0.29, 0.717) is 12.5 Å². The number of nitrogens with two attached hydrogens (primary N) is 1. The van der Waals surface area contributed by atoms with Crippen LogP contribution in [0.4, 0.5) is 5.69 Å². The first-order chi connectivity index (χ1) is 11.7. The van der Waals surface area contributed by atoms with Gasteiger partial charge in [-0.1, -0.05) is 19.9 Å². The van der Waals surface area contributed by atoms with E-state index in [1.807, 2.05) is 0 Å². The van der Waals surface area contributed by atoms with E-state index >= 15 is 0 Å². The number of aryl methyl sites for hydroxylation is 2. The second-order valence-corrected chi connectivity index (χ2v) is 6.44. The molecule has 1 amide bonds. The summed E-state index contributed by atoms with van der Waals surface area (Å²) in [4.78, 5) is 16.6. The maximum Gasteiger partial charge on any atom is 0.228 e. The average Bonchev–Trinajstić information content (AvgIpc) is 3.10. The quantitative estimate of drug-likeness (QED) is 0.829. The Morgan fingerprint density at radius 1 is 1.33 bits per heavy atom. The number of hydrazine groups is 1. The number of amides is 1. The standard InChI is InChI=1S/C19H26N4O/c1-3-14-5-6-18-16(9-14)10-19(17(4-2)21-18)23(13-24)22-8-7-15(11-20)12-22/h5-6,9-10,13,15H,3-4,7-8,11-12,20H2,1-2H3/t15-/m1/s1. The molecule has 2 heterocycles. The molecule has 1 aromatic heterocycles. The predicted octanol–water partition coefficient (Wildman–Crippen LogP) is 2.52. The number of carbonyl (C=O) groups excluding carboxylic acids is 1. The minimum atomic E-state index is 0.456. The predicted molar refractivity (Wildman–Crippen MR) is 97.8 cm³/mol. The van der Waals surface area contributed by atoms with Crippen LogP contribution in [0.15, 0.2) is 24.3 Å². The van der Waals surface area contributed by atoms with Crippen LogP contribution in [-0.2, 0) is 17.6 Å². The SMILES string of the molecule is CCc1ccc2nc(CC)c(N(C=O)N3CC[C@H](CN)C3)cc2c1. The second-order valence-electron chi connectivity index (χ2n) is 6.44. The molecule has 1 aliphatic heterocycles. The van der Waals surface area contributed by atoms with Gasteiger partial charge in [0.05, 0.1) is 16.9 Å². The fourth-order valence-electron chi connectivity index (χ4n) is 3.41. The van der Waals surface area contributed by atoms with Gasteiger partial charge in [-0.2, -0.15) is 0 Å². The van der Waals surface area contributed by atoms with Gasteiger partial charge in [-0.3, -0.25) is 9.78 Å². The first-order valence-electron chi connectivity index (χ1n) is 8.82. The highest BCUT2D eigenvalue weighted by Crippen LogP contribution is 2.28. The average molecular weight is 326 g/mol. The highest BCUT2D eigenvalue weighted by Gasteiger charge is 2.27. The summed E-state index contributed by atoms with van der Waals surface area (Å²) in [5, 5.41) is 4.92. The molecule has 5 nitrogen and oxygen atoms in total. The van der Waals surface area contributed by atoms with Crippen molar-refractivity contribution in [1.29, 1.82) is 0 Å². The van der Waals surface area contributed by atoms with Gasteiger partial charge >= 0.3 is 0 Å². The summed E-state index contributed by atoms with van der Waals surface area (Å²) in [6, 6.07) is 8.46. The molecule has 0 radical (unpaired) electrons. The van der Waals surface area contributed by atoms with E-state index in [1.54, 1.807) is 5.01 Å². The third-order valence-corrected chi connectivity index (χ3v) is 4.93. The van der Waals surface area contributed by atoms with E-state index in [4.69, 9.17) is 10.7 Å². The van der Waals surface area contributed by atoms with Gasteiger partial charge in [0.15, 0.2) is 0 Å². The third-order valence-electron chi connectivity index (χ3n) is 4.93. The molecule has 128 valence electrons. The van der Waals surface area contributed by atoms with E-state index in [1.165, 1.54) is 5.56 Å². The highest BCUT2D eigenvalue weighted by molar-refractivity contribution is 5.87. The van der Waals surface area contributed by atoms with Crippen LogP contribution in [0.5, 0.6) is 0 Å². The van der Waals surface area contributed by atoms with E-state index in [2.05, 4.69) is 43.1 Å². The van der Waals surface area contributed by atoms with Gasteiger partial charge < -0.3 is 5.73 Å². The van der Waals surface area contributed by atoms with Crippen LogP contribution >= 0.6 is 0 Å². The number of pyridine rings is 1. The molecule has 0 unspecified atom stereocenters. The minimum absolute atomic E-state index is 0.456. The van der Waals surface area contributed by atoms with Crippen LogP contribution in [0.25, 0.3) is 10.9 Å². The van der Waals surface area contributed by atoms with Crippen molar-refractivity contribution in [1.82, 2.24) is 9.99 Å². The molecule has 3 rings (SSSR count). The molecule has 5 heteroatoms. The van der Waals surface area contributed by atoms with Gasteiger partial charge in [-0.15, -0.1) is 0 Å². The first-order valence-corrected chi connectivity index (χ1v) is 8.82. The molecule has 0 bridgehead atoms. The molecule has 1 atom stereocenters. The topological polar surface area (TPSA) is 62.5 Å². The summed E-state index contributed by atoms with van der Waals surface area (Å²) in [6.07, 6.45) is 3.72. The lowest BCUT2D eigenvalue weighted by atomic mass is 10.1. The maximum atomic E-state index is 11.8. The molecule has 2 N–H and O–H groups in total.